The number of aryl methyl sites for hydroxylation is 3. The SMILES string of the molecule is CCc1cc(C(=O)Nc2nc(C)c(C(=O)OC)s2)sc1C. The summed E-state index contributed by atoms with van der Waals surface area (Å²) in [5.41, 5.74) is 1.73. The molecule has 7 heteroatoms. The van der Waals surface area contributed by atoms with Gasteiger partial charge in [-0.05, 0) is 31.9 Å². The monoisotopic (exact) mass is 324 g/mol. The first-order chi connectivity index (χ1) is 9.96. The average molecular weight is 324 g/mol. The quantitative estimate of drug-likeness (QED) is 0.875. The maximum atomic E-state index is 12.2. The molecule has 0 bridgehead atoms. The minimum atomic E-state index is -0.439. The van der Waals surface area contributed by atoms with E-state index in [9.17, 15) is 9.59 Å². The average Bonchev–Trinajstić information content (AvgIpc) is 3.01. The van der Waals surface area contributed by atoms with Gasteiger partial charge in [0.05, 0.1) is 17.7 Å². The molecule has 2 rings (SSSR count). The van der Waals surface area contributed by atoms with Crippen molar-refractivity contribution >= 4 is 39.7 Å². The fourth-order valence-corrected chi connectivity index (χ4v) is 3.76. The van der Waals surface area contributed by atoms with Gasteiger partial charge in [0.2, 0.25) is 0 Å². The summed E-state index contributed by atoms with van der Waals surface area (Å²) in [6.07, 6.45) is 0.901. The lowest BCUT2D eigenvalue weighted by Gasteiger charge is -1.97. The normalized spacial score (nSPS) is 10.5. The Labute approximate surface area is 131 Å². The van der Waals surface area contributed by atoms with Gasteiger partial charge in [0.25, 0.3) is 5.91 Å². The van der Waals surface area contributed by atoms with Crippen LogP contribution >= 0.6 is 22.7 Å². The van der Waals surface area contributed by atoms with Crippen molar-refractivity contribution in [3.05, 3.63) is 32.0 Å². The molecule has 0 radical (unpaired) electrons. The topological polar surface area (TPSA) is 68.3 Å². The molecule has 1 N–H and O–H groups in total. The lowest BCUT2D eigenvalue weighted by Crippen LogP contribution is -2.09. The molecule has 2 aromatic heterocycles. The standard InChI is InChI=1S/C14H16N2O3S2/c1-5-9-6-10(20-8(9)3)12(17)16-14-15-7(2)11(21-14)13(18)19-4/h6H,5H2,1-4H3,(H,15,16,17). The van der Waals surface area contributed by atoms with E-state index >= 15 is 0 Å². The van der Waals surface area contributed by atoms with Gasteiger partial charge in [-0.15, -0.1) is 11.3 Å². The predicted molar refractivity (Wildman–Crippen MR) is 84.6 cm³/mol. The molecule has 0 aromatic carbocycles. The summed E-state index contributed by atoms with van der Waals surface area (Å²) in [6, 6.07) is 1.90. The molecule has 0 saturated heterocycles. The fraction of sp³-hybridized carbons (Fsp3) is 0.357. The highest BCUT2D eigenvalue weighted by Crippen LogP contribution is 2.26. The number of hydrogen-bond donors (Lipinski definition) is 1. The number of carbonyl (C=O) groups excluding carboxylic acids is 2. The minimum Gasteiger partial charge on any atom is -0.465 e. The maximum Gasteiger partial charge on any atom is 0.350 e. The number of rotatable bonds is 4. The lowest BCUT2D eigenvalue weighted by molar-refractivity contribution is 0.0605. The van der Waals surface area contributed by atoms with Crippen molar-refractivity contribution in [3.8, 4) is 0 Å². The third-order valence-electron chi connectivity index (χ3n) is 3.01. The second kappa shape index (κ2) is 6.36. The van der Waals surface area contributed by atoms with Crippen molar-refractivity contribution in [2.45, 2.75) is 27.2 Å². The third-order valence-corrected chi connectivity index (χ3v) is 5.16. The highest BCUT2D eigenvalue weighted by atomic mass is 32.1. The van der Waals surface area contributed by atoms with Crippen molar-refractivity contribution in [2.75, 3.05) is 12.4 Å². The Balaban J connectivity index is 2.17. The zero-order valence-corrected chi connectivity index (χ0v) is 13.9. The molecule has 112 valence electrons. The number of hydrogen-bond acceptors (Lipinski definition) is 6. The molecule has 5 nitrogen and oxygen atoms in total. The van der Waals surface area contributed by atoms with Gasteiger partial charge in [0, 0.05) is 4.88 Å². The van der Waals surface area contributed by atoms with Crippen molar-refractivity contribution < 1.29 is 14.3 Å². The largest absolute Gasteiger partial charge is 0.465 e. The van der Waals surface area contributed by atoms with Gasteiger partial charge >= 0.3 is 5.97 Å². The van der Waals surface area contributed by atoms with Gasteiger partial charge in [0.1, 0.15) is 4.88 Å². The van der Waals surface area contributed by atoms with Crippen molar-refractivity contribution in [1.29, 1.82) is 0 Å². The van der Waals surface area contributed by atoms with E-state index in [0.29, 0.717) is 20.6 Å². The van der Waals surface area contributed by atoms with E-state index in [1.54, 1.807) is 6.92 Å². The molecule has 2 heterocycles. The van der Waals surface area contributed by atoms with Crippen LogP contribution in [0, 0.1) is 13.8 Å². The molecule has 2 aromatic rings. The number of esters is 1. The van der Waals surface area contributed by atoms with Crippen LogP contribution in [0.3, 0.4) is 0 Å². The Hall–Kier alpha value is -1.73. The first-order valence-electron chi connectivity index (χ1n) is 6.42. The summed E-state index contributed by atoms with van der Waals surface area (Å²) in [5, 5.41) is 3.14. The van der Waals surface area contributed by atoms with Gasteiger partial charge in [-0.2, -0.15) is 0 Å². The second-order valence-electron chi connectivity index (χ2n) is 4.42. The number of amides is 1. The van der Waals surface area contributed by atoms with E-state index in [0.717, 1.165) is 22.6 Å². The maximum absolute atomic E-state index is 12.2. The third kappa shape index (κ3) is 3.30. The zero-order valence-electron chi connectivity index (χ0n) is 12.3. The Kier molecular flexibility index (Phi) is 4.74. The summed E-state index contributed by atoms with van der Waals surface area (Å²) in [5.74, 6) is -0.640. The summed E-state index contributed by atoms with van der Waals surface area (Å²) >= 11 is 2.58. The zero-order chi connectivity index (χ0) is 15.6. The van der Waals surface area contributed by atoms with E-state index in [-0.39, 0.29) is 5.91 Å². The first kappa shape index (κ1) is 15.7. The summed E-state index contributed by atoms with van der Waals surface area (Å²) in [6.45, 7) is 5.77. The molecule has 0 aliphatic heterocycles. The van der Waals surface area contributed by atoms with Crippen LogP contribution in [-0.4, -0.2) is 24.0 Å². The molecule has 0 aliphatic carbocycles. The summed E-state index contributed by atoms with van der Waals surface area (Å²) in [7, 11) is 1.32. The van der Waals surface area contributed by atoms with E-state index in [1.807, 2.05) is 13.0 Å². The minimum absolute atomic E-state index is 0.201. The molecule has 0 saturated carbocycles. The Morgan fingerprint density at radius 3 is 2.62 bits per heavy atom. The van der Waals surface area contributed by atoms with Crippen LogP contribution in [0.25, 0.3) is 0 Å². The highest BCUT2D eigenvalue weighted by molar-refractivity contribution is 7.18. The highest BCUT2D eigenvalue weighted by Gasteiger charge is 2.18. The smallest absolute Gasteiger partial charge is 0.350 e. The number of ether oxygens (including phenoxy) is 1. The van der Waals surface area contributed by atoms with E-state index in [4.69, 9.17) is 0 Å². The van der Waals surface area contributed by atoms with Gasteiger partial charge in [-0.3, -0.25) is 10.1 Å². The number of nitrogens with one attached hydrogen (secondary N) is 1. The van der Waals surface area contributed by atoms with Crippen LogP contribution in [0.1, 0.15) is 42.4 Å². The Morgan fingerprint density at radius 2 is 2.05 bits per heavy atom. The van der Waals surface area contributed by atoms with Gasteiger partial charge in [-0.25, -0.2) is 9.78 Å². The van der Waals surface area contributed by atoms with E-state index < -0.39 is 5.97 Å². The Bertz CT molecular complexity index is 688. The van der Waals surface area contributed by atoms with Crippen LogP contribution < -0.4 is 5.32 Å². The molecule has 0 fully saturated rings. The van der Waals surface area contributed by atoms with Crippen molar-refractivity contribution in [3.63, 3.8) is 0 Å². The molecule has 0 unspecified atom stereocenters. The second-order valence-corrected chi connectivity index (χ2v) is 6.68. The molecule has 0 aliphatic rings. The van der Waals surface area contributed by atoms with Crippen LogP contribution in [0.2, 0.25) is 0 Å². The molecule has 21 heavy (non-hydrogen) atoms. The van der Waals surface area contributed by atoms with Gasteiger partial charge in [-0.1, -0.05) is 18.3 Å². The van der Waals surface area contributed by atoms with Crippen LogP contribution in [0.5, 0.6) is 0 Å². The first-order valence-corrected chi connectivity index (χ1v) is 8.06. The van der Waals surface area contributed by atoms with Crippen LogP contribution in [0.15, 0.2) is 6.07 Å². The molecular weight excluding hydrogens is 308 g/mol. The molecule has 0 spiro atoms. The molecule has 1 amide bonds. The van der Waals surface area contributed by atoms with E-state index in [1.165, 1.54) is 24.0 Å². The van der Waals surface area contributed by atoms with Gasteiger partial charge in [0.15, 0.2) is 5.13 Å². The summed E-state index contributed by atoms with van der Waals surface area (Å²) < 4.78 is 4.67. The molecule has 0 atom stereocenters. The number of carbonyl (C=O) groups is 2. The number of thiazole rings is 1. The fourth-order valence-electron chi connectivity index (χ4n) is 1.87. The predicted octanol–water partition coefficient (Wildman–Crippen LogP) is 3.42. The van der Waals surface area contributed by atoms with E-state index in [2.05, 4.69) is 22.0 Å². The van der Waals surface area contributed by atoms with Crippen LogP contribution in [0.4, 0.5) is 5.13 Å². The lowest BCUT2D eigenvalue weighted by atomic mass is 10.2. The van der Waals surface area contributed by atoms with Gasteiger partial charge < -0.3 is 4.74 Å². The van der Waals surface area contributed by atoms with Crippen molar-refractivity contribution in [1.82, 2.24) is 4.98 Å². The number of thiophene rings is 1. The number of aromatic nitrogens is 1. The summed E-state index contributed by atoms with van der Waals surface area (Å²) in [4.78, 5) is 30.1. The number of nitrogens with zero attached hydrogens (tertiary/aromatic N) is 1. The number of anilines is 1. The Morgan fingerprint density at radius 1 is 1.33 bits per heavy atom. The molecular formula is C14H16N2O3S2. The van der Waals surface area contributed by atoms with Crippen molar-refractivity contribution in [2.24, 2.45) is 0 Å². The van der Waals surface area contributed by atoms with Crippen LogP contribution in [-0.2, 0) is 11.2 Å². The number of methoxy groups -OCH3 is 1.